The van der Waals surface area contributed by atoms with Gasteiger partial charge in [0.25, 0.3) is 0 Å². The third kappa shape index (κ3) is 6.24. The number of hydrogen-bond donors (Lipinski definition) is 1. The van der Waals surface area contributed by atoms with E-state index in [0.29, 0.717) is 5.56 Å². The van der Waals surface area contributed by atoms with Crippen molar-refractivity contribution in [1.82, 2.24) is 5.32 Å². The molecule has 0 spiro atoms. The molecule has 2 aromatic carbocycles. The maximum Gasteiger partial charge on any atom is 0.416 e. The van der Waals surface area contributed by atoms with Gasteiger partial charge < -0.3 is 5.32 Å². The highest BCUT2D eigenvalue weighted by molar-refractivity contribution is 5.85. The van der Waals surface area contributed by atoms with Crippen molar-refractivity contribution in [3.05, 3.63) is 71.3 Å². The molecule has 0 fully saturated rings. The van der Waals surface area contributed by atoms with Crippen LogP contribution < -0.4 is 5.32 Å². The van der Waals surface area contributed by atoms with Gasteiger partial charge in [0.1, 0.15) is 0 Å². The lowest BCUT2D eigenvalue weighted by molar-refractivity contribution is -0.138. The van der Waals surface area contributed by atoms with Crippen LogP contribution in [0.25, 0.3) is 0 Å². The van der Waals surface area contributed by atoms with E-state index < -0.39 is 11.7 Å². The van der Waals surface area contributed by atoms with Gasteiger partial charge >= 0.3 is 6.18 Å². The summed E-state index contributed by atoms with van der Waals surface area (Å²) in [5, 5.41) is 3.18. The minimum atomic E-state index is -4.30. The van der Waals surface area contributed by atoms with Crippen molar-refractivity contribution in [2.24, 2.45) is 0 Å². The molecule has 0 aromatic heterocycles. The quantitative estimate of drug-likeness (QED) is 0.756. The Morgan fingerprint density at radius 3 is 2.22 bits per heavy atom. The summed E-state index contributed by atoms with van der Waals surface area (Å²) in [5.74, 6) is 0. The third-order valence-corrected chi connectivity index (χ3v) is 3.67. The highest BCUT2D eigenvalue weighted by Crippen LogP contribution is 2.31. The minimum Gasteiger partial charge on any atom is -0.310 e. The van der Waals surface area contributed by atoms with Gasteiger partial charge in [0.2, 0.25) is 0 Å². The summed E-state index contributed by atoms with van der Waals surface area (Å²) < 4.78 is 38.7. The second kappa shape index (κ2) is 8.94. The summed E-state index contributed by atoms with van der Waals surface area (Å²) in [6.45, 7) is 2.23. The van der Waals surface area contributed by atoms with E-state index in [2.05, 4.69) is 17.4 Å². The molecule has 2 rings (SSSR count). The molecule has 0 aliphatic carbocycles. The van der Waals surface area contributed by atoms with Crippen molar-refractivity contribution >= 4 is 12.4 Å². The number of rotatable bonds is 6. The first-order chi connectivity index (χ1) is 10.5. The van der Waals surface area contributed by atoms with E-state index in [9.17, 15) is 13.2 Å². The second-order valence-electron chi connectivity index (χ2n) is 5.46. The second-order valence-corrected chi connectivity index (χ2v) is 5.46. The van der Waals surface area contributed by atoms with E-state index in [1.807, 2.05) is 25.1 Å². The van der Waals surface area contributed by atoms with Gasteiger partial charge in [-0.15, -0.1) is 12.4 Å². The number of benzene rings is 2. The molecule has 126 valence electrons. The van der Waals surface area contributed by atoms with Crippen LogP contribution in [0.1, 0.15) is 30.0 Å². The number of nitrogens with one attached hydrogen (secondary N) is 1. The fourth-order valence-electron chi connectivity index (χ4n) is 2.37. The first-order valence-electron chi connectivity index (χ1n) is 7.39. The molecule has 23 heavy (non-hydrogen) atoms. The van der Waals surface area contributed by atoms with Gasteiger partial charge in [-0.25, -0.2) is 0 Å². The summed E-state index contributed by atoms with van der Waals surface area (Å²) in [6.07, 6.45) is -2.50. The lowest BCUT2D eigenvalue weighted by Crippen LogP contribution is -2.27. The van der Waals surface area contributed by atoms with Gasteiger partial charge in [-0.05, 0) is 37.0 Å². The highest BCUT2D eigenvalue weighted by atomic mass is 35.5. The normalized spacial score (nSPS) is 12.5. The minimum absolute atomic E-state index is 0. The summed E-state index contributed by atoms with van der Waals surface area (Å²) in [6, 6.07) is 16.0. The predicted molar refractivity (Wildman–Crippen MR) is 89.8 cm³/mol. The van der Waals surface area contributed by atoms with E-state index in [1.165, 1.54) is 17.7 Å². The van der Waals surface area contributed by atoms with Gasteiger partial charge in [-0.1, -0.05) is 48.5 Å². The average molecular weight is 344 g/mol. The number of halogens is 4. The van der Waals surface area contributed by atoms with Crippen molar-refractivity contribution in [3.63, 3.8) is 0 Å². The van der Waals surface area contributed by atoms with Crippen molar-refractivity contribution < 1.29 is 13.2 Å². The molecule has 1 nitrogen and oxygen atoms in total. The molecule has 5 heteroatoms. The predicted octanol–water partition coefficient (Wildman–Crippen LogP) is 5.24. The monoisotopic (exact) mass is 343 g/mol. The van der Waals surface area contributed by atoms with Crippen LogP contribution in [0.5, 0.6) is 0 Å². The van der Waals surface area contributed by atoms with Crippen LogP contribution in [0.4, 0.5) is 13.2 Å². The molecule has 0 aliphatic heterocycles. The van der Waals surface area contributed by atoms with Crippen LogP contribution in [-0.2, 0) is 19.1 Å². The first kappa shape index (κ1) is 19.5. The van der Waals surface area contributed by atoms with Gasteiger partial charge in [0.05, 0.1) is 5.56 Å². The van der Waals surface area contributed by atoms with Crippen molar-refractivity contribution in [3.8, 4) is 0 Å². The number of hydrogen-bond acceptors (Lipinski definition) is 1. The standard InChI is InChI=1S/C18H20F3N.ClH/c1-14(11-12-15-7-3-2-4-8-15)22-13-16-9-5-6-10-17(16)18(19,20)21;/h2-10,14,22H,11-13H2,1H3;1H. The van der Waals surface area contributed by atoms with Crippen LogP contribution in [0, 0.1) is 0 Å². The molecule has 0 radical (unpaired) electrons. The zero-order valence-corrected chi connectivity index (χ0v) is 13.8. The highest BCUT2D eigenvalue weighted by Gasteiger charge is 2.32. The fourth-order valence-corrected chi connectivity index (χ4v) is 2.37. The zero-order chi connectivity index (χ0) is 16.0. The molecule has 1 N–H and O–H groups in total. The summed E-state index contributed by atoms with van der Waals surface area (Å²) in [4.78, 5) is 0. The Morgan fingerprint density at radius 1 is 0.957 bits per heavy atom. The lowest BCUT2D eigenvalue weighted by atomic mass is 10.0. The Hall–Kier alpha value is -1.52. The molecule has 0 saturated carbocycles. The van der Waals surface area contributed by atoms with Crippen molar-refractivity contribution in [2.75, 3.05) is 0 Å². The molecule has 0 heterocycles. The Labute approximate surface area is 141 Å². The summed E-state index contributed by atoms with van der Waals surface area (Å²) >= 11 is 0. The van der Waals surface area contributed by atoms with Crippen LogP contribution in [0.15, 0.2) is 54.6 Å². The summed E-state index contributed by atoms with van der Waals surface area (Å²) in [5.41, 5.74) is 0.978. The lowest BCUT2D eigenvalue weighted by Gasteiger charge is -2.17. The van der Waals surface area contributed by atoms with Crippen LogP contribution in [0.2, 0.25) is 0 Å². The molecular weight excluding hydrogens is 323 g/mol. The molecule has 0 saturated heterocycles. The summed E-state index contributed by atoms with van der Waals surface area (Å²) in [7, 11) is 0. The van der Waals surface area contributed by atoms with Crippen LogP contribution in [0.3, 0.4) is 0 Å². The first-order valence-corrected chi connectivity index (χ1v) is 7.39. The van der Waals surface area contributed by atoms with Gasteiger partial charge in [-0.2, -0.15) is 13.2 Å². The molecular formula is C18H21ClF3N. The van der Waals surface area contributed by atoms with Crippen molar-refractivity contribution in [1.29, 1.82) is 0 Å². The molecule has 1 unspecified atom stereocenters. The van der Waals surface area contributed by atoms with E-state index in [1.54, 1.807) is 6.07 Å². The molecule has 1 atom stereocenters. The molecule has 0 bridgehead atoms. The van der Waals surface area contributed by atoms with E-state index >= 15 is 0 Å². The molecule has 0 aliphatic rings. The largest absolute Gasteiger partial charge is 0.416 e. The smallest absolute Gasteiger partial charge is 0.310 e. The Kier molecular flexibility index (Phi) is 7.59. The van der Waals surface area contributed by atoms with Gasteiger partial charge in [0, 0.05) is 12.6 Å². The Morgan fingerprint density at radius 2 is 1.57 bits per heavy atom. The molecule has 2 aromatic rings. The fraction of sp³-hybridized carbons (Fsp3) is 0.333. The van der Waals surface area contributed by atoms with Crippen molar-refractivity contribution in [2.45, 2.75) is 38.5 Å². The molecule has 0 amide bonds. The zero-order valence-electron chi connectivity index (χ0n) is 12.9. The third-order valence-electron chi connectivity index (χ3n) is 3.67. The number of alkyl halides is 3. The van der Waals surface area contributed by atoms with E-state index in [-0.39, 0.29) is 25.0 Å². The van der Waals surface area contributed by atoms with Gasteiger partial charge in [-0.3, -0.25) is 0 Å². The van der Waals surface area contributed by atoms with Crippen LogP contribution in [-0.4, -0.2) is 6.04 Å². The Bertz CT molecular complexity index is 584. The SMILES string of the molecule is CC(CCc1ccccc1)NCc1ccccc1C(F)(F)F.Cl. The van der Waals surface area contributed by atoms with Gasteiger partial charge in [0.15, 0.2) is 0 Å². The topological polar surface area (TPSA) is 12.0 Å². The maximum atomic E-state index is 12.9. The average Bonchev–Trinajstić information content (AvgIpc) is 2.51. The van der Waals surface area contributed by atoms with E-state index in [0.717, 1.165) is 18.9 Å². The Balaban J connectivity index is 0.00000264. The van der Waals surface area contributed by atoms with Crippen LogP contribution >= 0.6 is 12.4 Å². The number of aryl methyl sites for hydroxylation is 1. The van der Waals surface area contributed by atoms with E-state index in [4.69, 9.17) is 0 Å². The maximum absolute atomic E-state index is 12.9.